The number of rotatable bonds is 0. The summed E-state index contributed by atoms with van der Waals surface area (Å²) < 4.78 is 0. The van der Waals surface area contributed by atoms with Crippen LogP contribution >= 0.6 is 0 Å². The molecule has 9 heavy (non-hydrogen) atoms. The van der Waals surface area contributed by atoms with Crippen LogP contribution in [0, 0.1) is 0 Å². The molecule has 1 aromatic rings. The van der Waals surface area contributed by atoms with E-state index in [1.165, 1.54) is 5.56 Å². The Morgan fingerprint density at radius 1 is 1.44 bits per heavy atom. The van der Waals surface area contributed by atoms with E-state index in [4.69, 9.17) is 0 Å². The van der Waals surface area contributed by atoms with Gasteiger partial charge >= 0.3 is 0 Å². The summed E-state index contributed by atoms with van der Waals surface area (Å²) in [5, 5.41) is 9.24. The van der Waals surface area contributed by atoms with Gasteiger partial charge in [-0.25, -0.2) is 0 Å². The number of hydrogen-bond donors (Lipinski definition) is 1. The highest BCUT2D eigenvalue weighted by molar-refractivity contribution is 5.32. The average Bonchev–Trinajstić information content (AvgIpc) is 2.09. The summed E-state index contributed by atoms with van der Waals surface area (Å²) in [6, 6.07) is 8.03. The van der Waals surface area contributed by atoms with E-state index in [0.717, 1.165) is 12.0 Å². The van der Waals surface area contributed by atoms with Crippen molar-refractivity contribution in [1.29, 1.82) is 0 Å². The van der Waals surface area contributed by atoms with Crippen LogP contribution in [0.2, 0.25) is 0 Å². The van der Waals surface area contributed by atoms with Crippen LogP contribution in [0.1, 0.15) is 17.2 Å². The molecule has 1 unspecified atom stereocenters. The van der Waals surface area contributed by atoms with Crippen molar-refractivity contribution in [1.82, 2.24) is 0 Å². The largest absolute Gasteiger partial charge is 0.388 e. The maximum Gasteiger partial charge on any atom is 0.0830 e. The molecule has 0 saturated heterocycles. The third-order valence-corrected chi connectivity index (χ3v) is 1.76. The fourth-order valence-corrected chi connectivity index (χ4v) is 1.27. The van der Waals surface area contributed by atoms with Gasteiger partial charge in [0.2, 0.25) is 0 Å². The molecular formula is C8H8O. The summed E-state index contributed by atoms with van der Waals surface area (Å²) in [6.45, 7) is 0. The maximum atomic E-state index is 9.24. The lowest BCUT2D eigenvalue weighted by Gasteiger charge is -1.96. The highest BCUT2D eigenvalue weighted by atomic mass is 16.3. The van der Waals surface area contributed by atoms with Gasteiger partial charge in [0, 0.05) is 6.42 Å². The van der Waals surface area contributed by atoms with Gasteiger partial charge in [-0.2, -0.15) is 0 Å². The summed E-state index contributed by atoms with van der Waals surface area (Å²) in [5.41, 5.74) is 2.31. The molecule has 2 bridgehead atoms. The number of hydrogen-bond acceptors (Lipinski definition) is 1. The quantitative estimate of drug-likeness (QED) is 0.546. The molecule has 0 aliphatic heterocycles. The highest BCUT2D eigenvalue weighted by Gasteiger charge is 2.14. The third kappa shape index (κ3) is 0.653. The highest BCUT2D eigenvalue weighted by Crippen LogP contribution is 2.25. The van der Waals surface area contributed by atoms with Crippen molar-refractivity contribution in [2.24, 2.45) is 0 Å². The minimum atomic E-state index is -0.227. The minimum Gasteiger partial charge on any atom is -0.388 e. The van der Waals surface area contributed by atoms with E-state index in [-0.39, 0.29) is 6.10 Å². The van der Waals surface area contributed by atoms with Crippen LogP contribution in [-0.2, 0) is 6.42 Å². The van der Waals surface area contributed by atoms with Gasteiger partial charge in [0.1, 0.15) is 0 Å². The molecule has 0 radical (unpaired) electrons. The predicted octanol–water partition coefficient (Wildman–Crippen LogP) is 1.28. The monoisotopic (exact) mass is 120 g/mol. The standard InChI is InChI=1S/C8H8O/c9-8-5-6-2-1-3-7(8)4-6/h1-4,8-9H,5H2. The lowest BCUT2D eigenvalue weighted by atomic mass is 10.2. The topological polar surface area (TPSA) is 20.2 Å². The molecule has 1 aliphatic rings. The third-order valence-electron chi connectivity index (χ3n) is 1.76. The molecule has 2 rings (SSSR count). The van der Waals surface area contributed by atoms with E-state index in [1.807, 2.05) is 24.3 Å². The van der Waals surface area contributed by atoms with E-state index < -0.39 is 0 Å². The molecule has 0 saturated carbocycles. The van der Waals surface area contributed by atoms with E-state index in [9.17, 15) is 5.11 Å². The van der Waals surface area contributed by atoms with Crippen molar-refractivity contribution in [2.75, 3.05) is 0 Å². The van der Waals surface area contributed by atoms with E-state index in [2.05, 4.69) is 0 Å². The number of aliphatic hydroxyl groups excluding tert-OH is 1. The zero-order valence-corrected chi connectivity index (χ0v) is 5.04. The summed E-state index contributed by atoms with van der Waals surface area (Å²) in [5.74, 6) is 0. The first-order chi connectivity index (χ1) is 4.36. The second-order valence-corrected chi connectivity index (χ2v) is 2.46. The first-order valence-corrected chi connectivity index (χ1v) is 3.13. The zero-order valence-electron chi connectivity index (χ0n) is 5.04. The number of benzene rings is 1. The van der Waals surface area contributed by atoms with Crippen LogP contribution < -0.4 is 0 Å². The van der Waals surface area contributed by atoms with Crippen LogP contribution in [-0.4, -0.2) is 5.11 Å². The predicted molar refractivity (Wildman–Crippen MR) is 35.1 cm³/mol. The number of fused-ring (bicyclic) bond motifs is 2. The van der Waals surface area contributed by atoms with Gasteiger partial charge in [-0.1, -0.05) is 24.3 Å². The Labute approximate surface area is 53.9 Å². The smallest absolute Gasteiger partial charge is 0.0830 e. The van der Waals surface area contributed by atoms with Crippen LogP contribution in [0.5, 0.6) is 0 Å². The minimum absolute atomic E-state index is 0.227. The second kappa shape index (κ2) is 1.58. The first-order valence-electron chi connectivity index (χ1n) is 3.13. The Morgan fingerprint density at radius 2 is 2.33 bits per heavy atom. The molecule has 46 valence electrons. The Balaban J connectivity index is 2.56. The molecule has 1 nitrogen and oxygen atoms in total. The van der Waals surface area contributed by atoms with Crippen molar-refractivity contribution in [2.45, 2.75) is 12.5 Å². The van der Waals surface area contributed by atoms with E-state index >= 15 is 0 Å². The van der Waals surface area contributed by atoms with Crippen molar-refractivity contribution in [3.8, 4) is 0 Å². The van der Waals surface area contributed by atoms with Crippen LogP contribution in [0.15, 0.2) is 24.3 Å². The molecule has 1 atom stereocenters. The van der Waals surface area contributed by atoms with Crippen molar-refractivity contribution in [3.05, 3.63) is 35.4 Å². The lowest BCUT2D eigenvalue weighted by molar-refractivity contribution is 0.185. The van der Waals surface area contributed by atoms with Gasteiger partial charge in [-0.15, -0.1) is 0 Å². The van der Waals surface area contributed by atoms with Gasteiger partial charge < -0.3 is 5.11 Å². The normalized spacial score (nSPS) is 22.6. The number of aliphatic hydroxyl groups is 1. The molecule has 0 amide bonds. The first kappa shape index (κ1) is 5.00. The SMILES string of the molecule is OC1Cc2cccc1c2. The lowest BCUT2D eigenvalue weighted by Crippen LogP contribution is -1.90. The van der Waals surface area contributed by atoms with Gasteiger partial charge in [0.15, 0.2) is 0 Å². The van der Waals surface area contributed by atoms with Crippen molar-refractivity contribution < 1.29 is 5.11 Å². The Hall–Kier alpha value is -0.820. The van der Waals surface area contributed by atoms with Crippen LogP contribution in [0.4, 0.5) is 0 Å². The molecular weight excluding hydrogens is 112 g/mol. The molecule has 1 heteroatoms. The van der Waals surface area contributed by atoms with Gasteiger partial charge in [-0.05, 0) is 11.1 Å². The summed E-state index contributed by atoms with van der Waals surface area (Å²) in [4.78, 5) is 0. The average molecular weight is 120 g/mol. The molecule has 1 aliphatic carbocycles. The molecule has 0 heterocycles. The van der Waals surface area contributed by atoms with Gasteiger partial charge in [0.05, 0.1) is 6.10 Å². The summed E-state index contributed by atoms with van der Waals surface area (Å²) in [7, 11) is 0. The van der Waals surface area contributed by atoms with Crippen molar-refractivity contribution >= 4 is 0 Å². The second-order valence-electron chi connectivity index (χ2n) is 2.46. The summed E-state index contributed by atoms with van der Waals surface area (Å²) >= 11 is 0. The Kier molecular flexibility index (Phi) is 0.878. The fraction of sp³-hybridized carbons (Fsp3) is 0.250. The molecule has 1 N–H and O–H groups in total. The molecule has 0 spiro atoms. The Morgan fingerprint density at radius 3 is 3.00 bits per heavy atom. The van der Waals surface area contributed by atoms with Gasteiger partial charge in [0.25, 0.3) is 0 Å². The fourth-order valence-electron chi connectivity index (χ4n) is 1.27. The van der Waals surface area contributed by atoms with Crippen molar-refractivity contribution in [3.63, 3.8) is 0 Å². The van der Waals surface area contributed by atoms with Crippen LogP contribution in [0.25, 0.3) is 0 Å². The molecule has 0 fully saturated rings. The van der Waals surface area contributed by atoms with E-state index in [1.54, 1.807) is 0 Å². The Bertz CT molecular complexity index is 230. The zero-order chi connectivity index (χ0) is 6.27. The van der Waals surface area contributed by atoms with E-state index in [0.29, 0.717) is 0 Å². The maximum absolute atomic E-state index is 9.24. The van der Waals surface area contributed by atoms with Crippen LogP contribution in [0.3, 0.4) is 0 Å². The van der Waals surface area contributed by atoms with Gasteiger partial charge in [-0.3, -0.25) is 0 Å². The molecule has 1 aromatic carbocycles. The summed E-state index contributed by atoms with van der Waals surface area (Å²) in [6.07, 6.45) is 0.581. The molecule has 0 aromatic heterocycles.